The van der Waals surface area contributed by atoms with Crippen molar-refractivity contribution in [3.8, 4) is 0 Å². The van der Waals surface area contributed by atoms with Crippen LogP contribution in [0.25, 0.3) is 11.2 Å². The molecule has 0 radical (unpaired) electrons. The first kappa shape index (κ1) is 15.2. The van der Waals surface area contributed by atoms with Gasteiger partial charge in [-0.05, 0) is 6.08 Å². The fourth-order valence-corrected chi connectivity index (χ4v) is 1.88. The van der Waals surface area contributed by atoms with E-state index in [4.69, 9.17) is 25.5 Å². The number of aromatic amines is 1. The molecular formula is C9H12N5O6P. The number of anilines is 1. The Morgan fingerprint density at radius 1 is 1.57 bits per heavy atom. The molecule has 0 spiro atoms. The monoisotopic (exact) mass is 317 g/mol. The Labute approximate surface area is 116 Å². The van der Waals surface area contributed by atoms with Gasteiger partial charge in [-0.1, -0.05) is 0 Å². The van der Waals surface area contributed by atoms with Crippen LogP contribution in [0.2, 0.25) is 0 Å². The van der Waals surface area contributed by atoms with E-state index in [0.717, 1.165) is 17.1 Å². The van der Waals surface area contributed by atoms with E-state index in [2.05, 4.69) is 15.0 Å². The second kappa shape index (κ2) is 5.66. The highest BCUT2D eigenvalue weighted by molar-refractivity contribution is 7.55. The Hall–Kier alpha value is -2.20. The molecule has 0 aromatic carbocycles. The number of aromatic nitrogens is 4. The molecule has 0 amide bonds. The Morgan fingerprint density at radius 2 is 2.29 bits per heavy atom. The van der Waals surface area contributed by atoms with Gasteiger partial charge in [-0.2, -0.15) is 9.71 Å². The van der Waals surface area contributed by atoms with Gasteiger partial charge in [-0.3, -0.25) is 14.3 Å². The minimum atomic E-state index is -4.37. The van der Waals surface area contributed by atoms with Crippen LogP contribution in [0.4, 0.5) is 5.95 Å². The number of hydrogen-bond acceptors (Lipinski definition) is 7. The van der Waals surface area contributed by atoms with Crippen LogP contribution >= 0.6 is 7.60 Å². The third-order valence-corrected chi connectivity index (χ3v) is 2.88. The summed E-state index contributed by atoms with van der Waals surface area (Å²) in [6.45, 7) is -0.561. The number of nitrogens with zero attached hydrogens (tertiary/aromatic N) is 3. The molecule has 21 heavy (non-hydrogen) atoms. The Kier molecular flexibility index (Phi) is 4.09. The van der Waals surface area contributed by atoms with E-state index in [1.165, 1.54) is 0 Å². The molecule has 114 valence electrons. The lowest BCUT2D eigenvalue weighted by Gasteiger charge is -2.13. The van der Waals surface area contributed by atoms with Gasteiger partial charge >= 0.3 is 7.60 Å². The summed E-state index contributed by atoms with van der Waals surface area (Å²) in [4.78, 5) is 44.1. The first-order valence-electron chi connectivity index (χ1n) is 5.55. The Morgan fingerprint density at radius 3 is 2.90 bits per heavy atom. The van der Waals surface area contributed by atoms with Crippen LogP contribution in [0.3, 0.4) is 0 Å². The zero-order chi connectivity index (χ0) is 15.6. The van der Waals surface area contributed by atoms with Gasteiger partial charge in [0.15, 0.2) is 11.6 Å². The second-order valence-electron chi connectivity index (χ2n) is 3.95. The Bertz CT molecular complexity index is 777. The van der Waals surface area contributed by atoms with E-state index in [9.17, 15) is 9.36 Å². The molecule has 0 fully saturated rings. The van der Waals surface area contributed by atoms with Crippen LogP contribution < -0.4 is 16.1 Å². The van der Waals surface area contributed by atoms with Gasteiger partial charge in [-0.25, -0.2) is 4.98 Å². The van der Waals surface area contributed by atoms with E-state index < -0.39 is 25.9 Å². The number of rotatable bonds is 5. The van der Waals surface area contributed by atoms with Crippen molar-refractivity contribution < 1.29 is 24.3 Å². The molecule has 2 heterocycles. The third-order valence-electron chi connectivity index (χ3n) is 2.32. The van der Waals surface area contributed by atoms with Crippen LogP contribution in [0, 0.1) is 0 Å². The van der Waals surface area contributed by atoms with Crippen LogP contribution in [-0.4, -0.2) is 47.3 Å². The van der Waals surface area contributed by atoms with E-state index in [0.29, 0.717) is 5.82 Å². The van der Waals surface area contributed by atoms with Crippen molar-refractivity contribution in [2.24, 2.45) is 0 Å². The minimum Gasteiger partial charge on any atom is -0.401 e. The van der Waals surface area contributed by atoms with Crippen molar-refractivity contribution in [2.45, 2.75) is 6.10 Å². The number of nitrogen functional groups attached to an aromatic ring is 1. The minimum absolute atomic E-state index is 0.0132. The predicted molar refractivity (Wildman–Crippen MR) is 71.2 cm³/mol. The average Bonchev–Trinajstić information content (AvgIpc) is 2.76. The lowest BCUT2D eigenvalue weighted by molar-refractivity contribution is 0.0345. The second-order valence-corrected chi connectivity index (χ2v) is 5.43. The fraction of sp³-hybridized carbons (Fsp3) is 0.222. The number of nitrogens with two attached hydrogens (primary N) is 1. The quantitative estimate of drug-likeness (QED) is 0.397. The third kappa shape index (κ3) is 3.67. The van der Waals surface area contributed by atoms with Crippen molar-refractivity contribution in [2.75, 3.05) is 12.3 Å². The lowest BCUT2D eigenvalue weighted by Crippen LogP contribution is -2.26. The largest absolute Gasteiger partial charge is 0.401 e. The summed E-state index contributed by atoms with van der Waals surface area (Å²) in [6, 6.07) is 0. The molecule has 0 aliphatic carbocycles. The van der Waals surface area contributed by atoms with Crippen molar-refractivity contribution >= 4 is 24.7 Å². The van der Waals surface area contributed by atoms with Gasteiger partial charge < -0.3 is 25.5 Å². The SMILES string of the molecule is Nc1nc2c(ncn2OC(/C=C/P(=O)(O)O)CO)c(=O)[nH]1. The van der Waals surface area contributed by atoms with Gasteiger partial charge in [0.2, 0.25) is 11.6 Å². The molecule has 0 saturated carbocycles. The van der Waals surface area contributed by atoms with Gasteiger partial charge in [0.05, 0.1) is 6.61 Å². The number of H-pyrrole nitrogens is 1. The number of aliphatic hydroxyl groups excluding tert-OH is 1. The molecule has 0 saturated heterocycles. The molecule has 12 heteroatoms. The summed E-state index contributed by atoms with van der Waals surface area (Å²) in [5.74, 6) is 0.450. The van der Waals surface area contributed by atoms with E-state index in [-0.39, 0.29) is 17.1 Å². The highest BCUT2D eigenvalue weighted by atomic mass is 31.2. The highest BCUT2D eigenvalue weighted by Crippen LogP contribution is 2.36. The average molecular weight is 317 g/mol. The molecule has 2 aromatic rings. The van der Waals surface area contributed by atoms with Crippen LogP contribution in [0.5, 0.6) is 0 Å². The zero-order valence-electron chi connectivity index (χ0n) is 10.4. The topological polar surface area (TPSA) is 177 Å². The number of hydrogen-bond donors (Lipinski definition) is 5. The van der Waals surface area contributed by atoms with Crippen molar-refractivity contribution in [3.05, 3.63) is 28.6 Å². The molecule has 6 N–H and O–H groups in total. The first-order valence-corrected chi connectivity index (χ1v) is 7.24. The summed E-state index contributed by atoms with van der Waals surface area (Å²) in [6.07, 6.45) is 1.04. The van der Waals surface area contributed by atoms with E-state index in [1.54, 1.807) is 0 Å². The van der Waals surface area contributed by atoms with Gasteiger partial charge in [0, 0.05) is 5.82 Å². The maximum atomic E-state index is 11.6. The fourth-order valence-electron chi connectivity index (χ4n) is 1.47. The smallest absolute Gasteiger partial charge is 0.348 e. The molecule has 0 aliphatic rings. The lowest BCUT2D eigenvalue weighted by atomic mass is 10.4. The standard InChI is InChI=1S/C9H12N5O6P/c10-9-12-7-6(8(16)13-9)11-4-14(7)20-5(3-15)1-2-21(17,18)19/h1-2,4-5,15H,3H2,(H2,17,18,19)(H3,10,12,13,16)/b2-1+. The van der Waals surface area contributed by atoms with Gasteiger partial charge in [0.1, 0.15) is 6.33 Å². The summed E-state index contributed by atoms with van der Waals surface area (Å²) in [7, 11) is -4.37. The molecule has 0 bridgehead atoms. The molecule has 1 unspecified atom stereocenters. The Balaban J connectivity index is 2.32. The highest BCUT2D eigenvalue weighted by Gasteiger charge is 2.15. The van der Waals surface area contributed by atoms with Crippen molar-refractivity contribution in [3.63, 3.8) is 0 Å². The summed E-state index contributed by atoms with van der Waals surface area (Å²) in [5, 5.41) is 9.13. The molecule has 2 aromatic heterocycles. The van der Waals surface area contributed by atoms with Crippen LogP contribution in [0.15, 0.2) is 23.0 Å². The molecule has 1 atom stereocenters. The zero-order valence-corrected chi connectivity index (χ0v) is 11.3. The van der Waals surface area contributed by atoms with E-state index >= 15 is 0 Å². The van der Waals surface area contributed by atoms with Crippen molar-refractivity contribution in [1.82, 2.24) is 19.7 Å². The molecule has 11 nitrogen and oxygen atoms in total. The summed E-state index contributed by atoms with van der Waals surface area (Å²) in [5.41, 5.74) is 4.82. The van der Waals surface area contributed by atoms with Gasteiger partial charge in [-0.15, -0.1) is 0 Å². The summed E-state index contributed by atoms with van der Waals surface area (Å²) < 4.78 is 11.7. The number of aliphatic hydroxyl groups is 1. The normalized spacial score (nSPS) is 13.9. The predicted octanol–water partition coefficient (Wildman–Crippen LogP) is -1.82. The van der Waals surface area contributed by atoms with Crippen molar-refractivity contribution in [1.29, 1.82) is 0 Å². The van der Waals surface area contributed by atoms with Crippen LogP contribution in [0.1, 0.15) is 0 Å². The number of imidazole rings is 1. The maximum absolute atomic E-state index is 11.6. The van der Waals surface area contributed by atoms with Gasteiger partial charge in [0.25, 0.3) is 5.56 Å². The number of nitrogens with one attached hydrogen (secondary N) is 1. The number of fused-ring (bicyclic) bond motifs is 1. The first-order chi connectivity index (χ1) is 9.80. The van der Waals surface area contributed by atoms with E-state index in [1.807, 2.05) is 0 Å². The maximum Gasteiger partial charge on any atom is 0.348 e. The summed E-state index contributed by atoms with van der Waals surface area (Å²) >= 11 is 0. The van der Waals surface area contributed by atoms with Crippen LogP contribution in [-0.2, 0) is 4.57 Å². The molecular weight excluding hydrogens is 305 g/mol. The molecule has 2 rings (SSSR count). The molecule has 0 aliphatic heterocycles.